The van der Waals surface area contributed by atoms with Gasteiger partial charge in [0.1, 0.15) is 0 Å². The highest BCUT2D eigenvalue weighted by molar-refractivity contribution is 5.83. The van der Waals surface area contributed by atoms with Gasteiger partial charge < -0.3 is 4.98 Å². The van der Waals surface area contributed by atoms with Crippen molar-refractivity contribution in [1.29, 1.82) is 0 Å². The molecule has 0 aliphatic rings. The fourth-order valence-electron chi connectivity index (χ4n) is 2.10. The highest BCUT2D eigenvalue weighted by Gasteiger charge is 2.29. The smallest absolute Gasteiger partial charge is 0.313 e. The third-order valence-corrected chi connectivity index (χ3v) is 3.19. The molecule has 0 radical (unpaired) electrons. The summed E-state index contributed by atoms with van der Waals surface area (Å²) in [5.41, 5.74) is 0.817. The van der Waals surface area contributed by atoms with Crippen molar-refractivity contribution >= 4 is 10.9 Å². The first-order valence-electron chi connectivity index (χ1n) is 6.10. The molecule has 6 heteroatoms. The number of nitrogens with one attached hydrogen (secondary N) is 1. The molecule has 0 spiro atoms. The Kier molecular flexibility index (Phi) is 3.01. The molecular weight excluding hydrogens is 281 g/mol. The third-order valence-electron chi connectivity index (χ3n) is 3.19. The van der Waals surface area contributed by atoms with Crippen LogP contribution in [-0.2, 0) is 6.18 Å². The van der Waals surface area contributed by atoms with E-state index in [1.54, 1.807) is 18.2 Å². The molecule has 1 heterocycles. The molecule has 0 unspecified atom stereocenters. The minimum Gasteiger partial charge on any atom is -0.313 e. The summed E-state index contributed by atoms with van der Waals surface area (Å²) in [5.74, 6) is 0. The van der Waals surface area contributed by atoms with Crippen molar-refractivity contribution in [2.75, 3.05) is 0 Å². The van der Waals surface area contributed by atoms with Gasteiger partial charge in [0.2, 0.25) is 0 Å². The maximum atomic E-state index is 12.5. The summed E-state index contributed by atoms with van der Waals surface area (Å²) in [6, 6.07) is 9.81. The van der Waals surface area contributed by atoms with Gasteiger partial charge in [0.05, 0.1) is 22.8 Å². The van der Waals surface area contributed by atoms with Crippen LogP contribution in [0.4, 0.5) is 13.2 Å². The van der Waals surface area contributed by atoms with E-state index in [2.05, 4.69) is 9.97 Å². The number of aromatic nitrogens is 2. The van der Waals surface area contributed by atoms with E-state index >= 15 is 0 Å². The number of aromatic amines is 1. The second-order valence-corrected chi connectivity index (χ2v) is 4.54. The third kappa shape index (κ3) is 2.52. The molecule has 0 saturated heterocycles. The summed E-state index contributed by atoms with van der Waals surface area (Å²) in [6.45, 7) is 0. The van der Waals surface area contributed by atoms with Crippen molar-refractivity contribution < 1.29 is 13.2 Å². The van der Waals surface area contributed by atoms with Gasteiger partial charge in [-0.15, -0.1) is 0 Å². The first-order valence-corrected chi connectivity index (χ1v) is 6.10. The zero-order valence-corrected chi connectivity index (χ0v) is 10.6. The Hall–Kier alpha value is -2.63. The molecule has 106 valence electrons. The van der Waals surface area contributed by atoms with Gasteiger partial charge in [-0.05, 0) is 35.4 Å². The van der Waals surface area contributed by atoms with Gasteiger partial charge in [-0.25, -0.2) is 4.98 Å². The van der Waals surface area contributed by atoms with Crippen molar-refractivity contribution in [3.05, 3.63) is 64.7 Å². The maximum absolute atomic E-state index is 12.5. The average Bonchev–Trinajstić information content (AvgIpc) is 2.47. The molecule has 0 amide bonds. The van der Waals surface area contributed by atoms with Gasteiger partial charge in [-0.1, -0.05) is 18.2 Å². The van der Waals surface area contributed by atoms with E-state index in [1.807, 2.05) is 0 Å². The Morgan fingerprint density at radius 3 is 2.29 bits per heavy atom. The van der Waals surface area contributed by atoms with Crippen LogP contribution < -0.4 is 5.56 Å². The first kappa shape index (κ1) is 13.4. The Morgan fingerprint density at radius 2 is 1.62 bits per heavy atom. The summed E-state index contributed by atoms with van der Waals surface area (Å²) in [4.78, 5) is 18.2. The Bertz CT molecular complexity index is 851. The number of fused-ring (bicyclic) bond motifs is 1. The van der Waals surface area contributed by atoms with Crippen LogP contribution >= 0.6 is 0 Å². The molecule has 21 heavy (non-hydrogen) atoms. The lowest BCUT2D eigenvalue weighted by Crippen LogP contribution is -2.06. The van der Waals surface area contributed by atoms with Crippen LogP contribution in [-0.4, -0.2) is 9.97 Å². The average molecular weight is 290 g/mol. The predicted molar refractivity (Wildman–Crippen MR) is 72.8 cm³/mol. The summed E-state index contributed by atoms with van der Waals surface area (Å²) < 4.78 is 37.6. The molecule has 0 bridgehead atoms. The van der Waals surface area contributed by atoms with Gasteiger partial charge in [-0.3, -0.25) is 4.79 Å². The van der Waals surface area contributed by atoms with Crippen LogP contribution in [0.3, 0.4) is 0 Å². The minimum absolute atomic E-state index is 0.284. The normalized spacial score (nSPS) is 11.8. The summed E-state index contributed by atoms with van der Waals surface area (Å²) >= 11 is 0. The quantitative estimate of drug-likeness (QED) is 0.744. The van der Waals surface area contributed by atoms with Crippen molar-refractivity contribution in [3.8, 4) is 11.1 Å². The van der Waals surface area contributed by atoms with Crippen LogP contribution in [0.15, 0.2) is 53.6 Å². The van der Waals surface area contributed by atoms with E-state index < -0.39 is 11.7 Å². The Balaban J connectivity index is 2.08. The molecule has 0 atom stereocenters. The van der Waals surface area contributed by atoms with E-state index in [1.165, 1.54) is 18.5 Å². The highest BCUT2D eigenvalue weighted by atomic mass is 19.4. The summed E-state index contributed by atoms with van der Waals surface area (Å²) in [5, 5.41) is 0.398. The zero-order valence-electron chi connectivity index (χ0n) is 10.6. The van der Waals surface area contributed by atoms with Crippen LogP contribution in [0.25, 0.3) is 22.0 Å². The fraction of sp³-hybridized carbons (Fsp3) is 0.0667. The van der Waals surface area contributed by atoms with E-state index in [0.29, 0.717) is 22.0 Å². The zero-order chi connectivity index (χ0) is 15.0. The lowest BCUT2D eigenvalue weighted by molar-refractivity contribution is -0.137. The standard InChI is InChI=1S/C15H9F3N2O/c16-15(17,18)11-4-1-9(2-5-11)10-3-6-13-12(7-10)14(21)20-8-19-13/h1-8H,(H,19,20,21). The second-order valence-electron chi connectivity index (χ2n) is 4.54. The number of hydrogen-bond donors (Lipinski definition) is 1. The van der Waals surface area contributed by atoms with E-state index in [4.69, 9.17) is 0 Å². The summed E-state index contributed by atoms with van der Waals surface area (Å²) in [7, 11) is 0. The molecular formula is C15H9F3N2O. The molecule has 3 nitrogen and oxygen atoms in total. The predicted octanol–water partition coefficient (Wildman–Crippen LogP) is 3.61. The maximum Gasteiger partial charge on any atom is 0.416 e. The van der Waals surface area contributed by atoms with Crippen molar-refractivity contribution in [2.45, 2.75) is 6.18 Å². The lowest BCUT2D eigenvalue weighted by Gasteiger charge is -2.08. The number of nitrogens with zero attached hydrogens (tertiary/aromatic N) is 1. The molecule has 1 aromatic heterocycles. The Morgan fingerprint density at radius 1 is 0.952 bits per heavy atom. The summed E-state index contributed by atoms with van der Waals surface area (Å²) in [6.07, 6.45) is -3.05. The molecule has 2 aromatic carbocycles. The van der Waals surface area contributed by atoms with Crippen molar-refractivity contribution in [2.24, 2.45) is 0 Å². The monoisotopic (exact) mass is 290 g/mol. The number of hydrogen-bond acceptors (Lipinski definition) is 2. The fourth-order valence-corrected chi connectivity index (χ4v) is 2.10. The number of alkyl halides is 3. The van der Waals surface area contributed by atoms with Gasteiger partial charge in [0.25, 0.3) is 5.56 Å². The number of rotatable bonds is 1. The van der Waals surface area contributed by atoms with Crippen LogP contribution in [0.5, 0.6) is 0 Å². The van der Waals surface area contributed by atoms with E-state index in [0.717, 1.165) is 12.1 Å². The largest absolute Gasteiger partial charge is 0.416 e. The number of benzene rings is 2. The second kappa shape index (κ2) is 4.73. The molecule has 3 aromatic rings. The van der Waals surface area contributed by atoms with Gasteiger partial charge in [-0.2, -0.15) is 13.2 Å². The van der Waals surface area contributed by atoms with Crippen LogP contribution in [0.1, 0.15) is 5.56 Å². The van der Waals surface area contributed by atoms with Gasteiger partial charge in [0, 0.05) is 0 Å². The van der Waals surface area contributed by atoms with E-state index in [-0.39, 0.29) is 5.56 Å². The van der Waals surface area contributed by atoms with Crippen LogP contribution in [0, 0.1) is 0 Å². The Labute approximate surface area is 117 Å². The number of H-pyrrole nitrogens is 1. The SMILES string of the molecule is O=c1[nH]cnc2ccc(-c3ccc(C(F)(F)F)cc3)cc12. The molecule has 0 fully saturated rings. The first-order chi connectivity index (χ1) is 9.95. The molecule has 0 aliphatic carbocycles. The number of halogens is 3. The van der Waals surface area contributed by atoms with Gasteiger partial charge >= 0.3 is 6.18 Å². The molecule has 0 saturated carbocycles. The molecule has 0 aliphatic heterocycles. The van der Waals surface area contributed by atoms with Crippen LogP contribution in [0.2, 0.25) is 0 Å². The van der Waals surface area contributed by atoms with Gasteiger partial charge in [0.15, 0.2) is 0 Å². The topological polar surface area (TPSA) is 45.8 Å². The van der Waals surface area contributed by atoms with E-state index in [9.17, 15) is 18.0 Å². The molecule has 3 rings (SSSR count). The highest BCUT2D eigenvalue weighted by Crippen LogP contribution is 2.31. The minimum atomic E-state index is -4.36. The van der Waals surface area contributed by atoms with Crippen molar-refractivity contribution in [3.63, 3.8) is 0 Å². The molecule has 1 N–H and O–H groups in total. The van der Waals surface area contributed by atoms with Crippen molar-refractivity contribution in [1.82, 2.24) is 9.97 Å². The lowest BCUT2D eigenvalue weighted by atomic mass is 10.0.